The lowest BCUT2D eigenvalue weighted by Crippen LogP contribution is -2.32. The Bertz CT molecular complexity index is 692. The Balaban J connectivity index is 1.87. The molecule has 6 nitrogen and oxygen atoms in total. The zero-order valence-electron chi connectivity index (χ0n) is 11.9. The van der Waals surface area contributed by atoms with Crippen molar-refractivity contribution in [3.8, 4) is 5.75 Å². The maximum Gasteiger partial charge on any atom is 0.329 e. The van der Waals surface area contributed by atoms with E-state index in [9.17, 15) is 9.59 Å². The van der Waals surface area contributed by atoms with E-state index in [1.807, 2.05) is 19.1 Å². The number of hydrogen-bond acceptors (Lipinski definition) is 4. The van der Waals surface area contributed by atoms with Crippen LogP contribution in [0.3, 0.4) is 0 Å². The molecule has 6 heteroatoms. The van der Waals surface area contributed by atoms with Gasteiger partial charge in [0.1, 0.15) is 5.75 Å². The number of carbonyl (C=O) groups excluding carboxylic acids is 2. The molecule has 2 rings (SSSR count). The molecule has 0 bridgehead atoms. The number of phenols is 1. The molecular formula is C16H15N3O3. The maximum absolute atomic E-state index is 11.7. The normalized spacial score (nSPS) is 10.4. The molecule has 2 aromatic carbocycles. The highest BCUT2D eigenvalue weighted by molar-refractivity contribution is 6.39. The summed E-state index contributed by atoms with van der Waals surface area (Å²) in [6.45, 7) is 1.93. The number of amides is 2. The number of phenolic OH excluding ortho intramolecular Hbond substituents is 1. The van der Waals surface area contributed by atoms with Crippen LogP contribution in [0.1, 0.15) is 11.1 Å². The summed E-state index contributed by atoms with van der Waals surface area (Å²) in [5.41, 5.74) is 4.40. The summed E-state index contributed by atoms with van der Waals surface area (Å²) in [6.07, 6.45) is 1.37. The number of nitrogens with zero attached hydrogens (tertiary/aromatic N) is 1. The Morgan fingerprint density at radius 2 is 1.64 bits per heavy atom. The predicted octanol–water partition coefficient (Wildman–Crippen LogP) is 1.79. The van der Waals surface area contributed by atoms with E-state index in [0.29, 0.717) is 11.3 Å². The minimum atomic E-state index is -0.865. The van der Waals surface area contributed by atoms with Crippen molar-refractivity contribution in [2.24, 2.45) is 5.10 Å². The first-order chi connectivity index (χ1) is 10.5. The Labute approximate surface area is 127 Å². The molecule has 0 saturated heterocycles. The second kappa shape index (κ2) is 7.03. The van der Waals surface area contributed by atoms with Crippen molar-refractivity contribution in [1.29, 1.82) is 0 Å². The highest BCUT2D eigenvalue weighted by atomic mass is 16.3. The predicted molar refractivity (Wildman–Crippen MR) is 83.7 cm³/mol. The Morgan fingerprint density at radius 3 is 2.27 bits per heavy atom. The molecule has 22 heavy (non-hydrogen) atoms. The lowest BCUT2D eigenvalue weighted by molar-refractivity contribution is -0.136. The van der Waals surface area contributed by atoms with Crippen molar-refractivity contribution < 1.29 is 14.7 Å². The lowest BCUT2D eigenvalue weighted by atomic mass is 10.2. The third kappa shape index (κ3) is 4.45. The van der Waals surface area contributed by atoms with Crippen LogP contribution in [0, 0.1) is 6.92 Å². The molecule has 3 N–H and O–H groups in total. The first-order valence-corrected chi connectivity index (χ1v) is 6.55. The zero-order valence-corrected chi connectivity index (χ0v) is 11.9. The highest BCUT2D eigenvalue weighted by Gasteiger charge is 2.12. The van der Waals surface area contributed by atoms with E-state index in [-0.39, 0.29) is 5.75 Å². The minimum absolute atomic E-state index is 0.138. The monoisotopic (exact) mass is 297 g/mol. The standard InChI is InChI=1S/C16H15N3O3/c1-11-2-6-13(7-3-11)18-15(21)16(22)19-17-10-12-4-8-14(20)9-5-12/h2-10,20H,1H3,(H,18,21)(H,19,22)/b17-10+. The van der Waals surface area contributed by atoms with Crippen LogP contribution in [0.5, 0.6) is 5.75 Å². The molecule has 0 aliphatic carbocycles. The number of carbonyl (C=O) groups is 2. The number of aromatic hydroxyl groups is 1. The van der Waals surface area contributed by atoms with Gasteiger partial charge in [0, 0.05) is 5.69 Å². The van der Waals surface area contributed by atoms with Crippen LogP contribution < -0.4 is 10.7 Å². The van der Waals surface area contributed by atoms with Crippen LogP contribution in [0.25, 0.3) is 0 Å². The van der Waals surface area contributed by atoms with Crippen LogP contribution in [0.15, 0.2) is 53.6 Å². The summed E-state index contributed by atoms with van der Waals surface area (Å²) < 4.78 is 0. The quantitative estimate of drug-likeness (QED) is 0.458. The van der Waals surface area contributed by atoms with E-state index < -0.39 is 11.8 Å². The largest absolute Gasteiger partial charge is 0.508 e. The first-order valence-electron chi connectivity index (χ1n) is 6.55. The summed E-state index contributed by atoms with van der Waals surface area (Å²) in [5.74, 6) is -1.53. The van der Waals surface area contributed by atoms with Gasteiger partial charge >= 0.3 is 11.8 Å². The fourth-order valence-electron chi connectivity index (χ4n) is 1.60. The van der Waals surface area contributed by atoms with Gasteiger partial charge < -0.3 is 10.4 Å². The molecule has 2 aromatic rings. The second-order valence-corrected chi connectivity index (χ2v) is 4.61. The van der Waals surface area contributed by atoms with E-state index in [1.165, 1.54) is 18.3 Å². The number of hydrogen-bond donors (Lipinski definition) is 3. The summed E-state index contributed by atoms with van der Waals surface area (Å²) in [6, 6.07) is 13.3. The van der Waals surface area contributed by atoms with Gasteiger partial charge in [-0.3, -0.25) is 9.59 Å². The molecular weight excluding hydrogens is 282 g/mol. The molecule has 0 fully saturated rings. The smallest absolute Gasteiger partial charge is 0.329 e. The van der Waals surface area contributed by atoms with Crippen molar-refractivity contribution in [2.45, 2.75) is 6.92 Å². The van der Waals surface area contributed by atoms with E-state index in [2.05, 4.69) is 15.8 Å². The van der Waals surface area contributed by atoms with Gasteiger partial charge in [0.25, 0.3) is 0 Å². The van der Waals surface area contributed by atoms with Crippen molar-refractivity contribution in [2.75, 3.05) is 5.32 Å². The van der Waals surface area contributed by atoms with Gasteiger partial charge in [-0.25, -0.2) is 5.43 Å². The number of rotatable bonds is 3. The van der Waals surface area contributed by atoms with Gasteiger partial charge in [-0.1, -0.05) is 17.7 Å². The number of hydrazone groups is 1. The van der Waals surface area contributed by atoms with Gasteiger partial charge in [0.15, 0.2) is 0 Å². The van der Waals surface area contributed by atoms with E-state index in [1.54, 1.807) is 24.3 Å². The second-order valence-electron chi connectivity index (χ2n) is 4.61. The molecule has 0 saturated carbocycles. The van der Waals surface area contributed by atoms with Crippen LogP contribution in [0.2, 0.25) is 0 Å². The van der Waals surface area contributed by atoms with Crippen molar-refractivity contribution in [1.82, 2.24) is 5.43 Å². The zero-order chi connectivity index (χ0) is 15.9. The first kappa shape index (κ1) is 15.2. The molecule has 112 valence electrons. The molecule has 0 unspecified atom stereocenters. The molecule has 0 aliphatic rings. The molecule has 0 atom stereocenters. The van der Waals surface area contributed by atoms with Gasteiger partial charge in [-0.15, -0.1) is 0 Å². The van der Waals surface area contributed by atoms with Gasteiger partial charge in [0.05, 0.1) is 6.21 Å². The number of anilines is 1. The Hall–Kier alpha value is -3.15. The maximum atomic E-state index is 11.7. The van der Waals surface area contributed by atoms with Gasteiger partial charge in [-0.2, -0.15) is 5.10 Å². The Morgan fingerprint density at radius 1 is 1.00 bits per heavy atom. The van der Waals surface area contributed by atoms with E-state index in [4.69, 9.17) is 5.11 Å². The van der Waals surface area contributed by atoms with Crippen molar-refractivity contribution >= 4 is 23.7 Å². The summed E-state index contributed by atoms with van der Waals surface area (Å²) in [4.78, 5) is 23.2. The van der Waals surface area contributed by atoms with Crippen LogP contribution in [-0.4, -0.2) is 23.1 Å². The summed E-state index contributed by atoms with van der Waals surface area (Å²) in [5, 5.41) is 15.3. The van der Waals surface area contributed by atoms with Crippen molar-refractivity contribution in [3.63, 3.8) is 0 Å². The summed E-state index contributed by atoms with van der Waals surface area (Å²) in [7, 11) is 0. The van der Waals surface area contributed by atoms with Crippen LogP contribution in [-0.2, 0) is 9.59 Å². The average Bonchev–Trinajstić information content (AvgIpc) is 2.51. The van der Waals surface area contributed by atoms with Gasteiger partial charge in [-0.05, 0) is 48.9 Å². The fourth-order valence-corrected chi connectivity index (χ4v) is 1.60. The average molecular weight is 297 g/mol. The lowest BCUT2D eigenvalue weighted by Gasteiger charge is -2.04. The molecule has 0 aromatic heterocycles. The SMILES string of the molecule is Cc1ccc(NC(=O)C(=O)N/N=C/c2ccc(O)cc2)cc1. The minimum Gasteiger partial charge on any atom is -0.508 e. The van der Waals surface area contributed by atoms with Crippen LogP contribution in [0.4, 0.5) is 5.69 Å². The van der Waals surface area contributed by atoms with E-state index in [0.717, 1.165) is 5.56 Å². The summed E-state index contributed by atoms with van der Waals surface area (Å²) >= 11 is 0. The highest BCUT2D eigenvalue weighted by Crippen LogP contribution is 2.08. The van der Waals surface area contributed by atoms with Gasteiger partial charge in [0.2, 0.25) is 0 Å². The third-order valence-electron chi connectivity index (χ3n) is 2.79. The third-order valence-corrected chi connectivity index (χ3v) is 2.79. The van der Waals surface area contributed by atoms with E-state index >= 15 is 0 Å². The number of aryl methyl sites for hydroxylation is 1. The molecule has 0 spiro atoms. The topological polar surface area (TPSA) is 90.8 Å². The molecule has 0 radical (unpaired) electrons. The van der Waals surface area contributed by atoms with Crippen molar-refractivity contribution in [3.05, 3.63) is 59.7 Å². The van der Waals surface area contributed by atoms with Crippen LogP contribution >= 0.6 is 0 Å². The number of benzene rings is 2. The molecule has 0 heterocycles. The fraction of sp³-hybridized carbons (Fsp3) is 0.0625. The number of nitrogens with one attached hydrogen (secondary N) is 2. The Kier molecular flexibility index (Phi) is 4.87. The molecule has 2 amide bonds. The molecule has 0 aliphatic heterocycles.